The van der Waals surface area contributed by atoms with Gasteiger partial charge >= 0.3 is 6.18 Å². The number of alkyl halides is 3. The van der Waals surface area contributed by atoms with Crippen molar-refractivity contribution in [2.24, 2.45) is 0 Å². The summed E-state index contributed by atoms with van der Waals surface area (Å²) in [5.41, 5.74) is -1.01. The standard InChI is InChI=1S/C9H7F3O4S.C8H20N/c10-9(11,12)6-1-3-7(4-2-6)17(15,16)5-8(13)14;1-5-9(6-2,7-3)8-4/h1-4H,5H2,(H,13,14);5-8H2,1-4H3/q;+1/p-1. The molecule has 1 aromatic rings. The monoisotopic (exact) mass is 397 g/mol. The summed E-state index contributed by atoms with van der Waals surface area (Å²) < 4.78 is 60.4. The van der Waals surface area contributed by atoms with Gasteiger partial charge in [0.25, 0.3) is 0 Å². The number of rotatable bonds is 7. The smallest absolute Gasteiger partial charge is 0.416 e. The molecule has 1 rings (SSSR count). The number of nitrogens with zero attached hydrogens (tertiary/aromatic N) is 1. The summed E-state index contributed by atoms with van der Waals surface area (Å²) in [4.78, 5) is 9.65. The lowest BCUT2D eigenvalue weighted by Gasteiger charge is -2.34. The number of halogens is 3. The van der Waals surface area contributed by atoms with Crippen LogP contribution in [0.2, 0.25) is 0 Å². The summed E-state index contributed by atoms with van der Waals surface area (Å²) in [5, 5.41) is 10.1. The first-order valence-electron chi connectivity index (χ1n) is 8.32. The van der Waals surface area contributed by atoms with Crippen LogP contribution < -0.4 is 5.11 Å². The SMILES string of the molecule is CC[N+](CC)(CC)CC.O=C([O-])CS(=O)(=O)c1ccc(C(F)(F)F)cc1. The van der Waals surface area contributed by atoms with Crippen molar-refractivity contribution < 1.29 is 36.0 Å². The lowest BCUT2D eigenvalue weighted by molar-refractivity contribution is -0.921. The highest BCUT2D eigenvalue weighted by atomic mass is 32.2. The van der Waals surface area contributed by atoms with Crippen LogP contribution in [0.5, 0.6) is 0 Å². The van der Waals surface area contributed by atoms with Crippen LogP contribution >= 0.6 is 0 Å². The Morgan fingerprint density at radius 2 is 1.35 bits per heavy atom. The van der Waals surface area contributed by atoms with Crippen molar-refractivity contribution >= 4 is 15.8 Å². The van der Waals surface area contributed by atoms with E-state index >= 15 is 0 Å². The third-order valence-electron chi connectivity index (χ3n) is 4.53. The highest BCUT2D eigenvalue weighted by molar-refractivity contribution is 7.92. The maximum Gasteiger partial charge on any atom is 0.416 e. The van der Waals surface area contributed by atoms with Gasteiger partial charge in [0, 0.05) is 0 Å². The summed E-state index contributed by atoms with van der Waals surface area (Å²) in [6.07, 6.45) is -4.57. The molecule has 0 N–H and O–H groups in total. The van der Waals surface area contributed by atoms with Gasteiger partial charge < -0.3 is 14.4 Å². The number of sulfone groups is 1. The first kappa shape index (κ1) is 24.4. The molecule has 0 aliphatic heterocycles. The molecule has 0 saturated heterocycles. The molecule has 5 nitrogen and oxygen atoms in total. The van der Waals surface area contributed by atoms with Crippen LogP contribution in [0.3, 0.4) is 0 Å². The third kappa shape index (κ3) is 7.33. The van der Waals surface area contributed by atoms with Crippen LogP contribution in [-0.4, -0.2) is 50.8 Å². The van der Waals surface area contributed by atoms with Gasteiger partial charge in [-0.2, -0.15) is 13.2 Å². The van der Waals surface area contributed by atoms with E-state index in [-0.39, 0.29) is 0 Å². The predicted octanol–water partition coefficient (Wildman–Crippen LogP) is 2.11. The molecule has 0 amide bonds. The molecule has 1 aromatic carbocycles. The van der Waals surface area contributed by atoms with Crippen LogP contribution in [0.4, 0.5) is 13.2 Å². The van der Waals surface area contributed by atoms with Gasteiger partial charge in [-0.1, -0.05) is 0 Å². The van der Waals surface area contributed by atoms with E-state index in [1.54, 1.807) is 0 Å². The highest BCUT2D eigenvalue weighted by Gasteiger charge is 2.30. The van der Waals surface area contributed by atoms with Crippen LogP contribution in [0, 0.1) is 0 Å². The Morgan fingerprint density at radius 1 is 0.962 bits per heavy atom. The minimum Gasteiger partial charge on any atom is -0.549 e. The molecule has 0 aliphatic rings. The summed E-state index contributed by atoms with van der Waals surface area (Å²) in [6.45, 7) is 14.2. The number of hydrogen-bond acceptors (Lipinski definition) is 4. The number of benzene rings is 1. The van der Waals surface area contributed by atoms with Crippen molar-refractivity contribution in [1.29, 1.82) is 0 Å². The number of carbonyl (C=O) groups excluding carboxylic acids is 1. The van der Waals surface area contributed by atoms with Gasteiger partial charge in [-0.3, -0.25) is 0 Å². The van der Waals surface area contributed by atoms with Crippen LogP contribution in [0.25, 0.3) is 0 Å². The topological polar surface area (TPSA) is 74.3 Å². The number of carboxylic acid groups (broad SMARTS) is 1. The van der Waals surface area contributed by atoms with Gasteiger partial charge in [0.05, 0.1) is 48.4 Å². The van der Waals surface area contributed by atoms with Crippen LogP contribution in [0.1, 0.15) is 33.3 Å². The Bertz CT molecular complexity index is 649. The molecule has 0 radical (unpaired) electrons. The van der Waals surface area contributed by atoms with Crippen molar-refractivity contribution in [3.8, 4) is 0 Å². The van der Waals surface area contributed by atoms with Crippen molar-refractivity contribution in [2.45, 2.75) is 38.8 Å². The highest BCUT2D eigenvalue weighted by Crippen LogP contribution is 2.29. The number of carbonyl (C=O) groups is 1. The van der Waals surface area contributed by atoms with Crippen molar-refractivity contribution in [1.82, 2.24) is 0 Å². The normalized spacial score (nSPS) is 12.3. The summed E-state index contributed by atoms with van der Waals surface area (Å²) in [7, 11) is -4.15. The zero-order valence-electron chi connectivity index (χ0n) is 15.5. The molecule has 0 saturated carbocycles. The third-order valence-corrected chi connectivity index (χ3v) is 6.14. The van der Waals surface area contributed by atoms with Crippen molar-refractivity contribution in [3.05, 3.63) is 29.8 Å². The first-order chi connectivity index (χ1) is 11.9. The van der Waals surface area contributed by atoms with E-state index in [4.69, 9.17) is 0 Å². The molecule has 0 aromatic heterocycles. The average Bonchev–Trinajstić information content (AvgIpc) is 2.56. The van der Waals surface area contributed by atoms with Gasteiger partial charge in [0.2, 0.25) is 0 Å². The molecule has 0 spiro atoms. The van der Waals surface area contributed by atoms with E-state index in [0.717, 1.165) is 0 Å². The minimum absolute atomic E-state index is 0.491. The number of carboxylic acids is 1. The number of aliphatic carboxylic acids is 1. The van der Waals surface area contributed by atoms with Crippen LogP contribution in [0.15, 0.2) is 29.2 Å². The number of hydrogen-bond donors (Lipinski definition) is 0. The lowest BCUT2D eigenvalue weighted by atomic mass is 10.2. The molecule has 9 heteroatoms. The molecular weight excluding hydrogens is 371 g/mol. The summed E-state index contributed by atoms with van der Waals surface area (Å²) in [6, 6.07) is 2.56. The quantitative estimate of drug-likeness (QED) is 0.661. The van der Waals surface area contributed by atoms with E-state index < -0.39 is 38.2 Å². The zero-order chi connectivity index (χ0) is 20.6. The largest absolute Gasteiger partial charge is 0.549 e. The lowest BCUT2D eigenvalue weighted by Crippen LogP contribution is -2.47. The van der Waals surface area contributed by atoms with Crippen molar-refractivity contribution in [3.63, 3.8) is 0 Å². The maximum absolute atomic E-state index is 12.2. The first-order valence-corrected chi connectivity index (χ1v) is 9.97. The fraction of sp³-hybridized carbons (Fsp3) is 0.588. The van der Waals surface area contributed by atoms with E-state index in [0.29, 0.717) is 24.3 Å². The average molecular weight is 397 g/mol. The number of quaternary nitrogens is 1. The fourth-order valence-electron chi connectivity index (χ4n) is 2.43. The fourth-order valence-corrected chi connectivity index (χ4v) is 3.46. The predicted molar refractivity (Wildman–Crippen MR) is 90.9 cm³/mol. The minimum atomic E-state index is -4.57. The zero-order valence-corrected chi connectivity index (χ0v) is 16.3. The Balaban J connectivity index is 0.000000590. The molecule has 0 heterocycles. The second-order valence-electron chi connectivity index (χ2n) is 5.76. The molecule has 26 heavy (non-hydrogen) atoms. The van der Waals surface area contributed by atoms with Crippen molar-refractivity contribution in [2.75, 3.05) is 31.9 Å². The van der Waals surface area contributed by atoms with Gasteiger partial charge in [-0.05, 0) is 52.0 Å². The Hall–Kier alpha value is -1.61. The molecule has 0 fully saturated rings. The Labute approximate surface area is 152 Å². The van der Waals surface area contributed by atoms with E-state index in [9.17, 15) is 31.5 Å². The molecule has 150 valence electrons. The second kappa shape index (κ2) is 9.91. The summed E-state index contributed by atoms with van der Waals surface area (Å²) >= 11 is 0. The molecule has 0 unspecified atom stereocenters. The van der Waals surface area contributed by atoms with Gasteiger partial charge in [0.1, 0.15) is 0 Å². The Morgan fingerprint density at radius 3 is 1.58 bits per heavy atom. The van der Waals surface area contributed by atoms with Gasteiger partial charge in [-0.15, -0.1) is 0 Å². The molecular formula is C17H26F3NO4S. The van der Waals surface area contributed by atoms with E-state index in [2.05, 4.69) is 27.7 Å². The van der Waals surface area contributed by atoms with E-state index in [1.807, 2.05) is 0 Å². The van der Waals surface area contributed by atoms with Gasteiger partial charge in [0.15, 0.2) is 9.84 Å². The second-order valence-corrected chi connectivity index (χ2v) is 7.75. The van der Waals surface area contributed by atoms with Crippen LogP contribution in [-0.2, 0) is 20.8 Å². The maximum atomic E-state index is 12.2. The summed E-state index contributed by atoms with van der Waals surface area (Å²) in [5.74, 6) is -3.08. The molecule has 0 atom stereocenters. The molecule has 0 bridgehead atoms. The Kier molecular flexibility index (Phi) is 9.30. The van der Waals surface area contributed by atoms with Gasteiger partial charge in [-0.25, -0.2) is 8.42 Å². The van der Waals surface area contributed by atoms with E-state index in [1.165, 1.54) is 30.7 Å². The molecule has 0 aliphatic carbocycles.